The van der Waals surface area contributed by atoms with Crippen LogP contribution in [0.2, 0.25) is 0 Å². The van der Waals surface area contributed by atoms with Gasteiger partial charge in [0.25, 0.3) is 0 Å². The SMILES string of the molecule is Cc1ccc(OCCOCC(F)(F)F)c(CNC(C)C)c1. The van der Waals surface area contributed by atoms with Gasteiger partial charge in [0.15, 0.2) is 0 Å². The number of aryl methyl sites for hydroxylation is 1. The molecule has 21 heavy (non-hydrogen) atoms. The van der Waals surface area contributed by atoms with E-state index in [-0.39, 0.29) is 13.2 Å². The Hall–Kier alpha value is -1.27. The van der Waals surface area contributed by atoms with Crippen molar-refractivity contribution >= 4 is 0 Å². The summed E-state index contributed by atoms with van der Waals surface area (Å²) in [6, 6.07) is 6.08. The lowest BCUT2D eigenvalue weighted by molar-refractivity contribution is -0.175. The first-order valence-corrected chi connectivity index (χ1v) is 6.88. The number of hydrogen-bond acceptors (Lipinski definition) is 3. The molecule has 0 fully saturated rings. The lowest BCUT2D eigenvalue weighted by Gasteiger charge is -2.15. The monoisotopic (exact) mass is 305 g/mol. The number of rotatable bonds is 8. The maximum absolute atomic E-state index is 11.9. The number of halogens is 3. The summed E-state index contributed by atoms with van der Waals surface area (Å²) in [5.74, 6) is 0.671. The summed E-state index contributed by atoms with van der Waals surface area (Å²) in [5, 5.41) is 3.29. The van der Waals surface area contributed by atoms with Gasteiger partial charge < -0.3 is 14.8 Å². The Morgan fingerprint density at radius 2 is 1.90 bits per heavy atom. The standard InChI is InChI=1S/C15H22F3NO2/c1-11(2)19-9-13-8-12(3)4-5-14(13)21-7-6-20-10-15(16,17)18/h4-5,8,11,19H,6-7,9-10H2,1-3H3. The number of ether oxygens (including phenoxy) is 2. The van der Waals surface area contributed by atoms with Crippen LogP contribution in [0.25, 0.3) is 0 Å². The second-order valence-corrected chi connectivity index (χ2v) is 5.16. The summed E-state index contributed by atoms with van der Waals surface area (Å²) < 4.78 is 45.8. The van der Waals surface area contributed by atoms with Gasteiger partial charge in [-0.2, -0.15) is 13.2 Å². The summed E-state index contributed by atoms with van der Waals surface area (Å²) in [7, 11) is 0. The van der Waals surface area contributed by atoms with Crippen LogP contribution < -0.4 is 10.1 Å². The zero-order chi connectivity index (χ0) is 15.9. The highest BCUT2D eigenvalue weighted by Gasteiger charge is 2.27. The lowest BCUT2D eigenvalue weighted by atomic mass is 10.1. The van der Waals surface area contributed by atoms with Crippen molar-refractivity contribution in [3.63, 3.8) is 0 Å². The Kier molecular flexibility index (Phi) is 6.98. The van der Waals surface area contributed by atoms with Gasteiger partial charge in [0, 0.05) is 18.2 Å². The number of hydrogen-bond donors (Lipinski definition) is 1. The van der Waals surface area contributed by atoms with Gasteiger partial charge in [0.2, 0.25) is 0 Å². The number of nitrogens with one attached hydrogen (secondary N) is 1. The van der Waals surface area contributed by atoms with E-state index in [1.807, 2.05) is 39.0 Å². The van der Waals surface area contributed by atoms with Crippen molar-refractivity contribution in [2.75, 3.05) is 19.8 Å². The quantitative estimate of drug-likeness (QED) is 0.746. The number of benzene rings is 1. The van der Waals surface area contributed by atoms with Crippen LogP contribution in [0.15, 0.2) is 18.2 Å². The molecule has 0 spiro atoms. The molecule has 0 aliphatic carbocycles. The first-order valence-electron chi connectivity index (χ1n) is 6.88. The molecular weight excluding hydrogens is 283 g/mol. The van der Waals surface area contributed by atoms with Crippen LogP contribution in [0, 0.1) is 6.92 Å². The normalized spacial score (nSPS) is 12.0. The Balaban J connectivity index is 2.46. The molecule has 6 heteroatoms. The fraction of sp³-hybridized carbons (Fsp3) is 0.600. The average Bonchev–Trinajstić information content (AvgIpc) is 2.36. The Morgan fingerprint density at radius 3 is 2.52 bits per heavy atom. The second kappa shape index (κ2) is 8.24. The van der Waals surface area contributed by atoms with Crippen molar-refractivity contribution in [3.8, 4) is 5.75 Å². The predicted molar refractivity (Wildman–Crippen MR) is 75.5 cm³/mol. The maximum Gasteiger partial charge on any atom is 0.411 e. The molecule has 0 aromatic heterocycles. The van der Waals surface area contributed by atoms with Crippen LogP contribution >= 0.6 is 0 Å². The summed E-state index contributed by atoms with van der Waals surface area (Å²) in [6.07, 6.45) is -4.30. The minimum Gasteiger partial charge on any atom is -0.491 e. The zero-order valence-corrected chi connectivity index (χ0v) is 12.6. The Morgan fingerprint density at radius 1 is 1.19 bits per heavy atom. The molecule has 0 aliphatic rings. The van der Waals surface area contributed by atoms with Crippen molar-refractivity contribution < 1.29 is 22.6 Å². The fourth-order valence-corrected chi connectivity index (χ4v) is 1.70. The molecule has 0 saturated heterocycles. The third kappa shape index (κ3) is 7.92. The molecule has 1 rings (SSSR count). The zero-order valence-electron chi connectivity index (χ0n) is 12.6. The summed E-state index contributed by atoms with van der Waals surface area (Å²) >= 11 is 0. The molecule has 0 bridgehead atoms. The molecule has 3 nitrogen and oxygen atoms in total. The van der Waals surface area contributed by atoms with E-state index in [2.05, 4.69) is 10.1 Å². The van der Waals surface area contributed by atoms with Crippen molar-refractivity contribution in [2.45, 2.75) is 39.5 Å². The highest BCUT2D eigenvalue weighted by Crippen LogP contribution is 2.20. The van der Waals surface area contributed by atoms with Crippen LogP contribution in [-0.2, 0) is 11.3 Å². The predicted octanol–water partition coefficient (Wildman–Crippen LogP) is 3.45. The van der Waals surface area contributed by atoms with E-state index >= 15 is 0 Å². The first-order chi connectivity index (χ1) is 9.78. The van der Waals surface area contributed by atoms with Crippen LogP contribution in [0.4, 0.5) is 13.2 Å². The molecular formula is C15H22F3NO2. The highest BCUT2D eigenvalue weighted by molar-refractivity contribution is 5.36. The topological polar surface area (TPSA) is 30.5 Å². The summed E-state index contributed by atoms with van der Waals surface area (Å²) in [6.45, 7) is 5.47. The van der Waals surface area contributed by atoms with Gasteiger partial charge in [0.1, 0.15) is 19.0 Å². The second-order valence-electron chi connectivity index (χ2n) is 5.16. The van der Waals surface area contributed by atoms with Crippen LogP contribution in [0.3, 0.4) is 0 Å². The van der Waals surface area contributed by atoms with Gasteiger partial charge in [-0.1, -0.05) is 31.5 Å². The largest absolute Gasteiger partial charge is 0.491 e. The van der Waals surface area contributed by atoms with E-state index < -0.39 is 12.8 Å². The van der Waals surface area contributed by atoms with E-state index in [4.69, 9.17) is 4.74 Å². The summed E-state index contributed by atoms with van der Waals surface area (Å²) in [5.41, 5.74) is 2.09. The van der Waals surface area contributed by atoms with Crippen LogP contribution in [0.5, 0.6) is 5.75 Å². The molecule has 0 unspecified atom stereocenters. The lowest BCUT2D eigenvalue weighted by Crippen LogP contribution is -2.22. The fourth-order valence-electron chi connectivity index (χ4n) is 1.70. The van der Waals surface area contributed by atoms with Gasteiger partial charge in [-0.25, -0.2) is 0 Å². The molecule has 1 aromatic carbocycles. The van der Waals surface area contributed by atoms with Crippen LogP contribution in [0.1, 0.15) is 25.0 Å². The smallest absolute Gasteiger partial charge is 0.411 e. The minimum atomic E-state index is -4.30. The minimum absolute atomic E-state index is 0.0911. The van der Waals surface area contributed by atoms with E-state index in [1.165, 1.54) is 0 Å². The molecule has 120 valence electrons. The van der Waals surface area contributed by atoms with Crippen molar-refractivity contribution in [3.05, 3.63) is 29.3 Å². The molecule has 0 aliphatic heterocycles. The van der Waals surface area contributed by atoms with E-state index in [9.17, 15) is 13.2 Å². The van der Waals surface area contributed by atoms with E-state index in [0.29, 0.717) is 18.3 Å². The Labute approximate surface area is 123 Å². The van der Waals surface area contributed by atoms with E-state index in [1.54, 1.807) is 0 Å². The maximum atomic E-state index is 11.9. The van der Waals surface area contributed by atoms with Gasteiger partial charge >= 0.3 is 6.18 Å². The Bertz CT molecular complexity index is 433. The summed E-state index contributed by atoms with van der Waals surface area (Å²) in [4.78, 5) is 0. The molecule has 0 atom stereocenters. The van der Waals surface area contributed by atoms with Crippen molar-refractivity contribution in [1.29, 1.82) is 0 Å². The average molecular weight is 305 g/mol. The molecule has 0 radical (unpaired) electrons. The van der Waals surface area contributed by atoms with Gasteiger partial charge in [-0.3, -0.25) is 0 Å². The highest BCUT2D eigenvalue weighted by atomic mass is 19.4. The van der Waals surface area contributed by atoms with E-state index in [0.717, 1.165) is 11.1 Å². The van der Waals surface area contributed by atoms with Gasteiger partial charge in [0.05, 0.1) is 6.61 Å². The molecule has 1 aromatic rings. The molecule has 1 N–H and O–H groups in total. The third-order valence-electron chi connectivity index (χ3n) is 2.67. The van der Waals surface area contributed by atoms with Gasteiger partial charge in [-0.05, 0) is 13.0 Å². The van der Waals surface area contributed by atoms with Crippen molar-refractivity contribution in [2.24, 2.45) is 0 Å². The molecule has 0 amide bonds. The van der Waals surface area contributed by atoms with Crippen LogP contribution in [-0.4, -0.2) is 32.0 Å². The molecule has 0 saturated carbocycles. The van der Waals surface area contributed by atoms with Gasteiger partial charge in [-0.15, -0.1) is 0 Å². The van der Waals surface area contributed by atoms with Crippen molar-refractivity contribution in [1.82, 2.24) is 5.32 Å². The number of alkyl halides is 3. The molecule has 0 heterocycles. The third-order valence-corrected chi connectivity index (χ3v) is 2.67. The first kappa shape index (κ1) is 17.8.